The number of amides is 1. The highest BCUT2D eigenvalue weighted by Gasteiger charge is 2.20. The van der Waals surface area contributed by atoms with Crippen LogP contribution in [0.4, 0.5) is 0 Å². The Balaban J connectivity index is 1.88. The highest BCUT2D eigenvalue weighted by atomic mass is 79.9. The Hall–Kier alpha value is -2.01. The van der Waals surface area contributed by atoms with Gasteiger partial charge in [-0.15, -0.1) is 0 Å². The highest BCUT2D eigenvalue weighted by Crippen LogP contribution is 2.33. The molecule has 2 rings (SSSR count). The van der Waals surface area contributed by atoms with Crippen LogP contribution in [0.1, 0.15) is 45.7 Å². The lowest BCUT2D eigenvalue weighted by Gasteiger charge is -2.23. The van der Waals surface area contributed by atoms with Gasteiger partial charge in [0.05, 0.1) is 6.10 Å². The molecule has 2 aromatic carbocycles. The van der Waals surface area contributed by atoms with Crippen LogP contribution in [0.3, 0.4) is 0 Å². The molecule has 0 spiro atoms. The van der Waals surface area contributed by atoms with Gasteiger partial charge < -0.3 is 14.8 Å². The van der Waals surface area contributed by atoms with Gasteiger partial charge in [-0.25, -0.2) is 0 Å². The third-order valence-electron chi connectivity index (χ3n) is 3.89. The second-order valence-electron chi connectivity index (χ2n) is 7.77. The fourth-order valence-corrected chi connectivity index (χ4v) is 2.93. The first-order valence-corrected chi connectivity index (χ1v) is 9.89. The van der Waals surface area contributed by atoms with Gasteiger partial charge in [-0.3, -0.25) is 4.79 Å². The molecular weight excluding hydrogens is 406 g/mol. The number of carbonyl (C=O) groups excluding carboxylic acids is 1. The van der Waals surface area contributed by atoms with E-state index in [2.05, 4.69) is 42.0 Å². The van der Waals surface area contributed by atoms with Gasteiger partial charge >= 0.3 is 0 Å². The molecule has 0 aromatic heterocycles. The van der Waals surface area contributed by atoms with Crippen LogP contribution in [0.5, 0.6) is 11.5 Å². The second kappa shape index (κ2) is 9.27. The van der Waals surface area contributed by atoms with E-state index in [0.717, 1.165) is 27.1 Å². The SMILES string of the molecule is CC(C)Oc1ccc(CNC(=O)COc2ccc(Br)cc2C(C)(C)C)cc1. The van der Waals surface area contributed by atoms with Crippen LogP contribution in [0.2, 0.25) is 0 Å². The lowest BCUT2D eigenvalue weighted by atomic mass is 9.86. The van der Waals surface area contributed by atoms with E-state index in [4.69, 9.17) is 9.47 Å². The normalized spacial score (nSPS) is 11.4. The molecule has 2 aromatic rings. The van der Waals surface area contributed by atoms with Crippen LogP contribution in [0, 0.1) is 0 Å². The van der Waals surface area contributed by atoms with E-state index in [1.54, 1.807) is 0 Å². The zero-order valence-electron chi connectivity index (χ0n) is 16.6. The molecule has 0 aliphatic carbocycles. The fourth-order valence-electron chi connectivity index (χ4n) is 2.57. The highest BCUT2D eigenvalue weighted by molar-refractivity contribution is 9.10. The molecule has 0 bridgehead atoms. The molecule has 0 heterocycles. The summed E-state index contributed by atoms with van der Waals surface area (Å²) >= 11 is 3.49. The fraction of sp³-hybridized carbons (Fsp3) is 0.409. The minimum atomic E-state index is -0.153. The molecule has 1 amide bonds. The predicted molar refractivity (Wildman–Crippen MR) is 112 cm³/mol. The molecule has 146 valence electrons. The number of benzene rings is 2. The molecule has 0 unspecified atom stereocenters. The zero-order chi connectivity index (χ0) is 20.0. The van der Waals surface area contributed by atoms with Crippen molar-refractivity contribution in [2.45, 2.75) is 52.7 Å². The van der Waals surface area contributed by atoms with Crippen LogP contribution < -0.4 is 14.8 Å². The van der Waals surface area contributed by atoms with Crippen LogP contribution in [0.15, 0.2) is 46.9 Å². The monoisotopic (exact) mass is 433 g/mol. The van der Waals surface area contributed by atoms with Gasteiger partial charge in [0, 0.05) is 16.6 Å². The minimum Gasteiger partial charge on any atom is -0.491 e. The molecule has 0 atom stereocenters. The lowest BCUT2D eigenvalue weighted by Crippen LogP contribution is -2.29. The largest absolute Gasteiger partial charge is 0.491 e. The predicted octanol–water partition coefficient (Wildman–Crippen LogP) is 5.23. The van der Waals surface area contributed by atoms with Gasteiger partial charge in [-0.05, 0) is 55.2 Å². The van der Waals surface area contributed by atoms with E-state index in [1.165, 1.54) is 0 Å². The Morgan fingerprint density at radius 2 is 1.78 bits per heavy atom. The van der Waals surface area contributed by atoms with Crippen molar-refractivity contribution in [1.29, 1.82) is 0 Å². The van der Waals surface area contributed by atoms with Gasteiger partial charge in [0.1, 0.15) is 11.5 Å². The van der Waals surface area contributed by atoms with Gasteiger partial charge in [0.2, 0.25) is 0 Å². The Kier molecular flexibility index (Phi) is 7.31. The summed E-state index contributed by atoms with van der Waals surface area (Å²) in [5.74, 6) is 1.41. The van der Waals surface area contributed by atoms with Crippen LogP contribution >= 0.6 is 15.9 Å². The molecule has 0 saturated carbocycles. The van der Waals surface area contributed by atoms with Crippen molar-refractivity contribution in [2.75, 3.05) is 6.61 Å². The average Bonchev–Trinajstić information content (AvgIpc) is 2.58. The van der Waals surface area contributed by atoms with E-state index in [1.807, 2.05) is 56.3 Å². The van der Waals surface area contributed by atoms with Gasteiger partial charge in [0.25, 0.3) is 5.91 Å². The molecule has 0 saturated heterocycles. The zero-order valence-corrected chi connectivity index (χ0v) is 18.2. The van der Waals surface area contributed by atoms with Crippen molar-refractivity contribution < 1.29 is 14.3 Å². The number of ether oxygens (including phenoxy) is 2. The maximum absolute atomic E-state index is 12.2. The minimum absolute atomic E-state index is 0.0146. The Bertz CT molecular complexity index is 764. The summed E-state index contributed by atoms with van der Waals surface area (Å²) in [6.07, 6.45) is 0.143. The summed E-state index contributed by atoms with van der Waals surface area (Å²) in [4.78, 5) is 12.2. The van der Waals surface area contributed by atoms with E-state index in [0.29, 0.717) is 6.54 Å². The number of hydrogen-bond donors (Lipinski definition) is 1. The van der Waals surface area contributed by atoms with Gasteiger partial charge in [-0.1, -0.05) is 48.8 Å². The standard InChI is InChI=1S/C22H28BrNO3/c1-15(2)27-18-9-6-16(7-10-18)13-24-21(25)14-26-20-11-8-17(23)12-19(20)22(3,4)5/h6-12,15H,13-14H2,1-5H3,(H,24,25). The molecular formula is C22H28BrNO3. The Labute approximate surface area is 170 Å². The van der Waals surface area contributed by atoms with Crippen molar-refractivity contribution in [3.05, 3.63) is 58.1 Å². The molecule has 5 heteroatoms. The summed E-state index contributed by atoms with van der Waals surface area (Å²) in [5.41, 5.74) is 2.00. The van der Waals surface area contributed by atoms with Crippen molar-refractivity contribution >= 4 is 21.8 Å². The summed E-state index contributed by atoms with van der Waals surface area (Å²) < 4.78 is 12.4. The number of hydrogen-bond acceptors (Lipinski definition) is 3. The molecule has 1 N–H and O–H groups in total. The smallest absolute Gasteiger partial charge is 0.258 e. The molecule has 0 fully saturated rings. The first kappa shape index (κ1) is 21.3. The molecule has 0 aliphatic rings. The number of rotatable bonds is 7. The number of nitrogens with one attached hydrogen (secondary N) is 1. The second-order valence-corrected chi connectivity index (χ2v) is 8.68. The summed E-state index contributed by atoms with van der Waals surface area (Å²) in [5, 5.41) is 2.89. The Morgan fingerprint density at radius 1 is 1.11 bits per heavy atom. The Morgan fingerprint density at radius 3 is 2.37 bits per heavy atom. The molecule has 27 heavy (non-hydrogen) atoms. The third kappa shape index (κ3) is 6.90. The van der Waals surface area contributed by atoms with E-state index in [-0.39, 0.29) is 24.0 Å². The van der Waals surface area contributed by atoms with Gasteiger partial charge in [0.15, 0.2) is 6.61 Å². The first-order chi connectivity index (χ1) is 12.6. The topological polar surface area (TPSA) is 47.6 Å². The van der Waals surface area contributed by atoms with E-state index < -0.39 is 0 Å². The van der Waals surface area contributed by atoms with E-state index >= 15 is 0 Å². The number of carbonyl (C=O) groups is 1. The van der Waals surface area contributed by atoms with Crippen LogP contribution in [0.25, 0.3) is 0 Å². The van der Waals surface area contributed by atoms with Gasteiger partial charge in [-0.2, -0.15) is 0 Å². The summed E-state index contributed by atoms with van der Waals surface area (Å²) in [7, 11) is 0. The third-order valence-corrected chi connectivity index (χ3v) is 4.39. The quantitative estimate of drug-likeness (QED) is 0.649. The average molecular weight is 434 g/mol. The van der Waals surface area contributed by atoms with Crippen molar-refractivity contribution in [1.82, 2.24) is 5.32 Å². The van der Waals surface area contributed by atoms with Crippen molar-refractivity contribution in [3.8, 4) is 11.5 Å². The maximum atomic E-state index is 12.2. The van der Waals surface area contributed by atoms with E-state index in [9.17, 15) is 4.79 Å². The van der Waals surface area contributed by atoms with Crippen molar-refractivity contribution in [2.24, 2.45) is 0 Å². The number of halogens is 1. The summed E-state index contributed by atoms with van der Waals surface area (Å²) in [6.45, 7) is 10.8. The van der Waals surface area contributed by atoms with Crippen LogP contribution in [-0.4, -0.2) is 18.6 Å². The lowest BCUT2D eigenvalue weighted by molar-refractivity contribution is -0.123. The summed E-state index contributed by atoms with van der Waals surface area (Å²) in [6, 6.07) is 13.6. The van der Waals surface area contributed by atoms with Crippen molar-refractivity contribution in [3.63, 3.8) is 0 Å². The maximum Gasteiger partial charge on any atom is 0.258 e. The molecule has 0 aliphatic heterocycles. The van der Waals surface area contributed by atoms with Crippen LogP contribution in [-0.2, 0) is 16.8 Å². The first-order valence-electron chi connectivity index (χ1n) is 9.10. The molecule has 4 nitrogen and oxygen atoms in total. The molecule has 0 radical (unpaired) electrons.